The van der Waals surface area contributed by atoms with E-state index in [1.165, 1.54) is 20.5 Å². The topological polar surface area (TPSA) is 67.1 Å². The van der Waals surface area contributed by atoms with Crippen LogP contribution in [0.4, 0.5) is 0 Å². The Labute approximate surface area is 134 Å². The molecule has 0 unspecified atom stereocenters. The van der Waals surface area contributed by atoms with Crippen LogP contribution in [0.2, 0.25) is 0 Å². The summed E-state index contributed by atoms with van der Waals surface area (Å²) in [7, 11) is 5.89. The summed E-state index contributed by atoms with van der Waals surface area (Å²) in [6.45, 7) is 0. The van der Waals surface area contributed by atoms with Gasteiger partial charge in [0.25, 0.3) is 0 Å². The maximum Gasteiger partial charge on any atom is 0.342 e. The molecule has 1 aromatic heterocycles. The molecule has 2 rings (SSSR count). The van der Waals surface area contributed by atoms with Crippen LogP contribution in [-0.2, 0) is 4.74 Å². The summed E-state index contributed by atoms with van der Waals surface area (Å²) in [6, 6.07) is 3.35. The number of hydrogen-bond donors (Lipinski definition) is 0. The van der Waals surface area contributed by atoms with Crippen molar-refractivity contribution in [3.05, 3.63) is 41.3 Å². The second-order valence-electron chi connectivity index (χ2n) is 4.51. The zero-order valence-electron chi connectivity index (χ0n) is 13.4. The Morgan fingerprint density at radius 3 is 2.22 bits per heavy atom. The third-order valence-electron chi connectivity index (χ3n) is 3.27. The summed E-state index contributed by atoms with van der Waals surface area (Å²) in [6.07, 6.45) is 6.55. The summed E-state index contributed by atoms with van der Waals surface area (Å²) in [5.74, 6) is 1.03. The van der Waals surface area contributed by atoms with E-state index in [0.29, 0.717) is 28.4 Å². The smallest absolute Gasteiger partial charge is 0.342 e. The fraction of sp³-hybridized carbons (Fsp3) is 0.235. The molecule has 0 aliphatic carbocycles. The van der Waals surface area contributed by atoms with Gasteiger partial charge in [0.15, 0.2) is 5.75 Å². The highest BCUT2D eigenvalue weighted by molar-refractivity contribution is 5.98. The van der Waals surface area contributed by atoms with Gasteiger partial charge in [0, 0.05) is 6.07 Å². The van der Waals surface area contributed by atoms with E-state index < -0.39 is 5.97 Å². The highest BCUT2D eigenvalue weighted by Crippen LogP contribution is 2.31. The van der Waals surface area contributed by atoms with Crippen molar-refractivity contribution < 1.29 is 28.2 Å². The number of hydrogen-bond acceptors (Lipinski definition) is 6. The number of rotatable bonds is 6. The molecule has 2 aromatic rings. The van der Waals surface area contributed by atoms with Gasteiger partial charge in [-0.1, -0.05) is 6.08 Å². The number of furan rings is 1. The molecule has 0 atom stereocenters. The van der Waals surface area contributed by atoms with Gasteiger partial charge in [-0.25, -0.2) is 4.79 Å². The van der Waals surface area contributed by atoms with Crippen LogP contribution in [0.5, 0.6) is 17.2 Å². The SMILES string of the molecule is COC(=O)c1c(/C=C/c2cocc2OC)cc(OC)cc1OC. The third-order valence-corrected chi connectivity index (χ3v) is 3.27. The lowest BCUT2D eigenvalue weighted by Crippen LogP contribution is -2.07. The number of methoxy groups -OCH3 is 4. The number of ether oxygens (including phenoxy) is 4. The van der Waals surface area contributed by atoms with Crippen molar-refractivity contribution in [2.24, 2.45) is 0 Å². The first kappa shape index (κ1) is 16.5. The molecule has 0 aliphatic rings. The summed E-state index contributed by atoms with van der Waals surface area (Å²) >= 11 is 0. The number of carbonyl (C=O) groups excluding carboxylic acids is 1. The lowest BCUT2D eigenvalue weighted by atomic mass is 10.0. The maximum atomic E-state index is 12.1. The average Bonchev–Trinajstić information content (AvgIpc) is 3.05. The Morgan fingerprint density at radius 1 is 0.913 bits per heavy atom. The molecule has 23 heavy (non-hydrogen) atoms. The molecule has 6 nitrogen and oxygen atoms in total. The van der Waals surface area contributed by atoms with E-state index in [4.69, 9.17) is 23.4 Å². The molecule has 0 saturated heterocycles. The predicted octanol–water partition coefficient (Wildman–Crippen LogP) is 3.26. The minimum atomic E-state index is -0.497. The Bertz CT molecular complexity index is 714. The van der Waals surface area contributed by atoms with Gasteiger partial charge in [-0.3, -0.25) is 0 Å². The normalized spacial score (nSPS) is 10.6. The molecule has 122 valence electrons. The van der Waals surface area contributed by atoms with Crippen molar-refractivity contribution in [1.82, 2.24) is 0 Å². The quantitative estimate of drug-likeness (QED) is 0.762. The lowest BCUT2D eigenvalue weighted by molar-refractivity contribution is 0.0597. The van der Waals surface area contributed by atoms with Gasteiger partial charge in [0.05, 0.1) is 34.0 Å². The zero-order chi connectivity index (χ0) is 16.8. The molecule has 0 radical (unpaired) electrons. The molecule has 0 bridgehead atoms. The van der Waals surface area contributed by atoms with Crippen molar-refractivity contribution in [3.8, 4) is 17.2 Å². The molecule has 0 spiro atoms. The van der Waals surface area contributed by atoms with Gasteiger partial charge in [-0.2, -0.15) is 0 Å². The largest absolute Gasteiger partial charge is 0.497 e. The number of carbonyl (C=O) groups is 1. The Hall–Kier alpha value is -2.89. The predicted molar refractivity (Wildman–Crippen MR) is 85.1 cm³/mol. The fourth-order valence-corrected chi connectivity index (χ4v) is 2.10. The third kappa shape index (κ3) is 3.48. The highest BCUT2D eigenvalue weighted by atomic mass is 16.5. The summed E-state index contributed by atoms with van der Waals surface area (Å²) in [5, 5.41) is 0. The van der Waals surface area contributed by atoms with Crippen LogP contribution in [0.1, 0.15) is 21.5 Å². The second-order valence-corrected chi connectivity index (χ2v) is 4.51. The van der Waals surface area contributed by atoms with Gasteiger partial charge in [-0.05, 0) is 17.7 Å². The minimum absolute atomic E-state index is 0.314. The Kier molecular flexibility index (Phi) is 5.30. The van der Waals surface area contributed by atoms with Crippen LogP contribution in [0.25, 0.3) is 12.2 Å². The van der Waals surface area contributed by atoms with Crippen LogP contribution < -0.4 is 14.2 Å². The van der Waals surface area contributed by atoms with E-state index in [-0.39, 0.29) is 0 Å². The first-order valence-electron chi connectivity index (χ1n) is 6.77. The molecule has 1 aromatic carbocycles. The van der Waals surface area contributed by atoms with E-state index in [1.54, 1.807) is 44.8 Å². The average molecular weight is 318 g/mol. The van der Waals surface area contributed by atoms with Crippen LogP contribution in [0.15, 0.2) is 29.1 Å². The minimum Gasteiger partial charge on any atom is -0.497 e. The van der Waals surface area contributed by atoms with Gasteiger partial charge in [-0.15, -0.1) is 0 Å². The monoisotopic (exact) mass is 318 g/mol. The first-order chi connectivity index (χ1) is 11.1. The van der Waals surface area contributed by atoms with Crippen molar-refractivity contribution in [2.45, 2.75) is 0 Å². The number of esters is 1. The molecule has 0 N–H and O–H groups in total. The van der Waals surface area contributed by atoms with E-state index in [1.807, 2.05) is 0 Å². The second kappa shape index (κ2) is 7.40. The van der Waals surface area contributed by atoms with Crippen molar-refractivity contribution >= 4 is 18.1 Å². The molecule has 0 amide bonds. The summed E-state index contributed by atoms with van der Waals surface area (Å²) in [5.41, 5.74) is 1.65. The van der Waals surface area contributed by atoms with E-state index in [9.17, 15) is 4.79 Å². The summed E-state index contributed by atoms with van der Waals surface area (Å²) < 4.78 is 25.6. The standard InChI is InChI=1S/C17H18O6/c1-19-13-7-11(5-6-12-9-23-10-15(12)21-3)16(17(18)22-4)14(8-13)20-2/h5-10H,1-4H3/b6-5+. The molecule has 0 saturated carbocycles. The molecule has 0 fully saturated rings. The van der Waals surface area contributed by atoms with Gasteiger partial charge >= 0.3 is 5.97 Å². The molecule has 0 aliphatic heterocycles. The molecular weight excluding hydrogens is 300 g/mol. The van der Waals surface area contributed by atoms with Crippen molar-refractivity contribution in [1.29, 1.82) is 0 Å². The van der Waals surface area contributed by atoms with Crippen LogP contribution >= 0.6 is 0 Å². The van der Waals surface area contributed by atoms with Crippen LogP contribution in [0, 0.1) is 0 Å². The van der Waals surface area contributed by atoms with Gasteiger partial charge < -0.3 is 23.4 Å². The molecule has 1 heterocycles. The number of benzene rings is 1. The fourth-order valence-electron chi connectivity index (χ4n) is 2.10. The molecular formula is C17H18O6. The van der Waals surface area contributed by atoms with E-state index >= 15 is 0 Å². The van der Waals surface area contributed by atoms with Crippen LogP contribution in [0.3, 0.4) is 0 Å². The summed E-state index contributed by atoms with van der Waals surface area (Å²) in [4.78, 5) is 12.1. The van der Waals surface area contributed by atoms with E-state index in [2.05, 4.69) is 0 Å². The lowest BCUT2D eigenvalue weighted by Gasteiger charge is -2.12. The first-order valence-corrected chi connectivity index (χ1v) is 6.77. The van der Waals surface area contributed by atoms with Crippen LogP contribution in [-0.4, -0.2) is 34.4 Å². The highest BCUT2D eigenvalue weighted by Gasteiger charge is 2.18. The Morgan fingerprint density at radius 2 is 1.61 bits per heavy atom. The van der Waals surface area contributed by atoms with E-state index in [0.717, 1.165) is 5.56 Å². The zero-order valence-corrected chi connectivity index (χ0v) is 13.4. The van der Waals surface area contributed by atoms with Crippen molar-refractivity contribution in [3.63, 3.8) is 0 Å². The van der Waals surface area contributed by atoms with Gasteiger partial charge in [0.2, 0.25) is 0 Å². The van der Waals surface area contributed by atoms with Gasteiger partial charge in [0.1, 0.15) is 29.6 Å². The van der Waals surface area contributed by atoms with Crippen molar-refractivity contribution in [2.75, 3.05) is 28.4 Å². The Balaban J connectivity index is 2.52. The maximum absolute atomic E-state index is 12.1. The molecule has 6 heteroatoms.